The predicted molar refractivity (Wildman–Crippen MR) is 102 cm³/mol. The van der Waals surface area contributed by atoms with Crippen LogP contribution in [0, 0.1) is 0 Å². The Morgan fingerprint density at radius 1 is 1.04 bits per heavy atom. The topological polar surface area (TPSA) is 63.7 Å². The summed E-state index contributed by atoms with van der Waals surface area (Å²) in [5.41, 5.74) is 2.60. The van der Waals surface area contributed by atoms with Gasteiger partial charge >= 0.3 is 5.97 Å². The fourth-order valence-electron chi connectivity index (χ4n) is 3.25. The molecule has 1 saturated heterocycles. The number of carbonyl (C=O) groups is 3. The van der Waals surface area contributed by atoms with Gasteiger partial charge in [0.05, 0.1) is 0 Å². The van der Waals surface area contributed by atoms with Crippen LogP contribution in [0.3, 0.4) is 0 Å². The quantitative estimate of drug-likeness (QED) is 0.464. The van der Waals surface area contributed by atoms with Crippen LogP contribution in [0.25, 0.3) is 0 Å². The van der Waals surface area contributed by atoms with E-state index in [0.717, 1.165) is 16.7 Å². The SMILES string of the molecule is CC1=C(C(=O)OC(c2ccccc2)c2ccccc2)N2C(=O)C(=O)[C@@H]2SC1. The van der Waals surface area contributed by atoms with Crippen LogP contribution in [-0.4, -0.2) is 33.7 Å². The van der Waals surface area contributed by atoms with E-state index in [0.29, 0.717) is 5.75 Å². The van der Waals surface area contributed by atoms with Gasteiger partial charge in [-0.2, -0.15) is 0 Å². The lowest BCUT2D eigenvalue weighted by Gasteiger charge is -2.42. The van der Waals surface area contributed by atoms with Crippen LogP contribution in [0.5, 0.6) is 0 Å². The number of hydrogen-bond donors (Lipinski definition) is 0. The highest BCUT2D eigenvalue weighted by atomic mass is 32.2. The number of nitrogens with zero attached hydrogens (tertiary/aromatic N) is 1. The van der Waals surface area contributed by atoms with E-state index >= 15 is 0 Å². The standard InChI is InChI=1S/C21H17NO4S/c1-13-12-27-20-17(23)19(24)22(20)16(13)21(25)26-18(14-8-4-2-5-9-14)15-10-6-3-7-11-15/h2-11,18,20H,12H2,1H3/t20-/m0/s1. The van der Waals surface area contributed by atoms with Crippen molar-refractivity contribution in [3.63, 3.8) is 0 Å². The molecule has 1 fully saturated rings. The molecule has 2 aromatic carbocycles. The Bertz CT molecular complexity index is 900. The van der Waals surface area contributed by atoms with Gasteiger partial charge in [0.1, 0.15) is 5.70 Å². The third-order valence-electron chi connectivity index (χ3n) is 4.61. The van der Waals surface area contributed by atoms with E-state index in [9.17, 15) is 14.4 Å². The van der Waals surface area contributed by atoms with E-state index < -0.39 is 29.1 Å². The van der Waals surface area contributed by atoms with Crippen LogP contribution >= 0.6 is 11.8 Å². The second kappa shape index (κ2) is 7.04. The Balaban J connectivity index is 1.66. The molecular weight excluding hydrogens is 362 g/mol. The molecule has 0 radical (unpaired) electrons. The Hall–Kier alpha value is -2.86. The summed E-state index contributed by atoms with van der Waals surface area (Å²) in [4.78, 5) is 38.0. The van der Waals surface area contributed by atoms with Crippen molar-refractivity contribution in [3.05, 3.63) is 83.1 Å². The van der Waals surface area contributed by atoms with Gasteiger partial charge in [0.25, 0.3) is 11.7 Å². The number of fused-ring (bicyclic) bond motifs is 1. The molecule has 0 aromatic heterocycles. The number of thioether (sulfide) groups is 1. The van der Waals surface area contributed by atoms with Crippen molar-refractivity contribution in [1.82, 2.24) is 4.90 Å². The first-order valence-electron chi connectivity index (χ1n) is 8.57. The number of benzene rings is 2. The highest BCUT2D eigenvalue weighted by Crippen LogP contribution is 2.39. The Morgan fingerprint density at radius 2 is 1.59 bits per heavy atom. The van der Waals surface area contributed by atoms with E-state index in [4.69, 9.17) is 4.74 Å². The molecular formula is C21H17NO4S. The first kappa shape index (κ1) is 17.5. The number of ether oxygens (including phenoxy) is 1. The van der Waals surface area contributed by atoms with Crippen molar-refractivity contribution in [2.75, 3.05) is 5.75 Å². The molecule has 4 rings (SSSR count). The zero-order valence-electron chi connectivity index (χ0n) is 14.6. The Labute approximate surface area is 161 Å². The Morgan fingerprint density at radius 3 is 2.15 bits per heavy atom. The van der Waals surface area contributed by atoms with Gasteiger partial charge in [-0.3, -0.25) is 14.5 Å². The van der Waals surface area contributed by atoms with Gasteiger partial charge < -0.3 is 4.74 Å². The van der Waals surface area contributed by atoms with Crippen molar-refractivity contribution in [3.8, 4) is 0 Å². The first-order valence-corrected chi connectivity index (χ1v) is 9.62. The maximum atomic E-state index is 13.0. The Kier molecular flexibility index (Phi) is 4.58. The van der Waals surface area contributed by atoms with Gasteiger partial charge in [0, 0.05) is 5.75 Å². The van der Waals surface area contributed by atoms with Crippen molar-refractivity contribution in [1.29, 1.82) is 0 Å². The van der Waals surface area contributed by atoms with Gasteiger partial charge in [-0.25, -0.2) is 4.79 Å². The van der Waals surface area contributed by atoms with E-state index in [1.54, 1.807) is 6.92 Å². The maximum Gasteiger partial charge on any atom is 0.356 e. The van der Waals surface area contributed by atoms with Crippen LogP contribution in [0.1, 0.15) is 24.2 Å². The number of amides is 1. The molecule has 1 amide bonds. The number of Topliss-reactive ketones (excluding diaryl/α,β-unsaturated/α-hetero) is 1. The minimum atomic E-state index is -0.644. The molecule has 2 aromatic rings. The third-order valence-corrected chi connectivity index (χ3v) is 5.95. The molecule has 27 heavy (non-hydrogen) atoms. The fourth-order valence-corrected chi connectivity index (χ4v) is 4.40. The molecule has 136 valence electrons. The minimum absolute atomic E-state index is 0.195. The average Bonchev–Trinajstić information content (AvgIpc) is 2.72. The van der Waals surface area contributed by atoms with Crippen LogP contribution < -0.4 is 0 Å². The van der Waals surface area contributed by atoms with Gasteiger partial charge in [0.15, 0.2) is 11.5 Å². The first-order chi connectivity index (χ1) is 13.1. The maximum absolute atomic E-state index is 13.0. The number of esters is 1. The molecule has 6 heteroatoms. The number of rotatable bonds is 4. The molecule has 0 unspecified atom stereocenters. The molecule has 2 aliphatic rings. The van der Waals surface area contributed by atoms with Crippen LogP contribution in [0.2, 0.25) is 0 Å². The summed E-state index contributed by atoms with van der Waals surface area (Å²) >= 11 is 1.36. The number of β-lactam (4-membered cyclic amide) rings is 1. The highest BCUT2D eigenvalue weighted by Gasteiger charge is 2.53. The molecule has 0 bridgehead atoms. The zero-order chi connectivity index (χ0) is 19.0. The van der Waals surface area contributed by atoms with E-state index in [-0.39, 0.29) is 5.70 Å². The van der Waals surface area contributed by atoms with Gasteiger partial charge in [-0.15, -0.1) is 11.8 Å². The number of ketones is 1. The molecule has 0 spiro atoms. The van der Waals surface area contributed by atoms with Gasteiger partial charge in [-0.1, -0.05) is 60.7 Å². The summed E-state index contributed by atoms with van der Waals surface area (Å²) in [5, 5.41) is -0.601. The second-order valence-electron chi connectivity index (χ2n) is 6.44. The zero-order valence-corrected chi connectivity index (χ0v) is 15.4. The number of carbonyl (C=O) groups excluding carboxylic acids is 3. The summed E-state index contributed by atoms with van der Waals surface area (Å²) < 4.78 is 5.86. The molecule has 0 N–H and O–H groups in total. The summed E-state index contributed by atoms with van der Waals surface area (Å²) in [5.74, 6) is -1.17. The van der Waals surface area contributed by atoms with Crippen molar-refractivity contribution in [2.45, 2.75) is 18.4 Å². The van der Waals surface area contributed by atoms with Crippen LogP contribution in [-0.2, 0) is 19.1 Å². The van der Waals surface area contributed by atoms with Gasteiger partial charge in [0.2, 0.25) is 0 Å². The molecule has 0 aliphatic carbocycles. The van der Waals surface area contributed by atoms with Crippen molar-refractivity contribution in [2.24, 2.45) is 0 Å². The molecule has 1 atom stereocenters. The van der Waals surface area contributed by atoms with E-state index in [1.165, 1.54) is 16.7 Å². The molecule has 0 saturated carbocycles. The highest BCUT2D eigenvalue weighted by molar-refractivity contribution is 8.01. The lowest BCUT2D eigenvalue weighted by Crippen LogP contribution is -2.62. The summed E-state index contributed by atoms with van der Waals surface area (Å²) in [6.45, 7) is 1.79. The minimum Gasteiger partial charge on any atom is -0.448 e. The van der Waals surface area contributed by atoms with Gasteiger partial charge in [-0.05, 0) is 23.6 Å². The molecule has 2 aliphatic heterocycles. The lowest BCUT2D eigenvalue weighted by molar-refractivity contribution is -0.158. The smallest absolute Gasteiger partial charge is 0.356 e. The number of hydrogen-bond acceptors (Lipinski definition) is 5. The fraction of sp³-hybridized carbons (Fsp3) is 0.190. The lowest BCUT2D eigenvalue weighted by atomic mass is 10.0. The predicted octanol–water partition coefficient (Wildman–Crippen LogP) is 3.08. The summed E-state index contributed by atoms with van der Waals surface area (Å²) in [7, 11) is 0. The average molecular weight is 379 g/mol. The van der Waals surface area contributed by atoms with E-state index in [2.05, 4.69) is 0 Å². The molecule has 5 nitrogen and oxygen atoms in total. The third kappa shape index (κ3) is 3.06. The second-order valence-corrected chi connectivity index (χ2v) is 7.51. The molecule has 2 heterocycles. The summed E-state index contributed by atoms with van der Waals surface area (Å²) in [6, 6.07) is 18.9. The van der Waals surface area contributed by atoms with Crippen LogP contribution in [0.15, 0.2) is 71.9 Å². The summed E-state index contributed by atoms with van der Waals surface area (Å²) in [6.07, 6.45) is -0.597. The normalized spacial score (nSPS) is 19.0. The van der Waals surface area contributed by atoms with Crippen molar-refractivity contribution < 1.29 is 19.1 Å². The van der Waals surface area contributed by atoms with Crippen LogP contribution in [0.4, 0.5) is 0 Å². The van der Waals surface area contributed by atoms with E-state index in [1.807, 2.05) is 60.7 Å². The monoisotopic (exact) mass is 379 g/mol. The van der Waals surface area contributed by atoms with Crippen molar-refractivity contribution >= 4 is 29.4 Å². The largest absolute Gasteiger partial charge is 0.448 e.